The van der Waals surface area contributed by atoms with Gasteiger partial charge in [0.2, 0.25) is 0 Å². The predicted molar refractivity (Wildman–Crippen MR) is 115 cm³/mol. The summed E-state index contributed by atoms with van der Waals surface area (Å²) in [6, 6.07) is 0. The monoisotopic (exact) mass is 476 g/mol. The third kappa shape index (κ3) is 13.2. The summed E-state index contributed by atoms with van der Waals surface area (Å²) in [6.07, 6.45) is 10.1. The fourth-order valence-corrected chi connectivity index (χ4v) is 17.8. The minimum atomic E-state index is -2.27. The van der Waals surface area contributed by atoms with Gasteiger partial charge in [-0.05, 0) is 0 Å². The Hall–Kier alpha value is -0.0313. The van der Waals surface area contributed by atoms with Crippen LogP contribution in [0, 0.1) is 0 Å². The minimum absolute atomic E-state index is 0.0863. The normalized spacial score (nSPS) is 14.0. The number of aliphatic hydroxyl groups is 1. The Morgan fingerprint density at radius 3 is 1.85 bits per heavy atom. The van der Waals surface area contributed by atoms with Crippen LogP contribution in [0.25, 0.3) is 0 Å². The molecule has 3 nitrogen and oxygen atoms in total. The maximum absolute atomic E-state index is 11.9. The zero-order valence-electron chi connectivity index (χ0n) is 18.3. The fraction of sp³-hybridized carbons (Fsp3) is 0.864. The van der Waals surface area contributed by atoms with Crippen LogP contribution in [0.4, 0.5) is 0 Å². The van der Waals surface area contributed by atoms with E-state index in [0.717, 1.165) is 0 Å². The van der Waals surface area contributed by atoms with Gasteiger partial charge in [0.1, 0.15) is 0 Å². The van der Waals surface area contributed by atoms with Crippen LogP contribution in [-0.2, 0) is 9.53 Å². The van der Waals surface area contributed by atoms with Crippen molar-refractivity contribution in [3.05, 3.63) is 10.2 Å². The van der Waals surface area contributed by atoms with Crippen molar-refractivity contribution in [1.82, 2.24) is 0 Å². The summed E-state index contributed by atoms with van der Waals surface area (Å²) < 4.78 is 12.2. The van der Waals surface area contributed by atoms with Gasteiger partial charge in [-0.3, -0.25) is 0 Å². The summed E-state index contributed by atoms with van der Waals surface area (Å²) >= 11 is -2.27. The first-order valence-electron chi connectivity index (χ1n) is 10.8. The predicted octanol–water partition coefficient (Wildman–Crippen LogP) is 6.41. The average Bonchev–Trinajstić information content (AvgIpc) is 2.54. The number of hydrogen-bond acceptors (Lipinski definition) is 3. The van der Waals surface area contributed by atoms with Crippen molar-refractivity contribution in [3.63, 3.8) is 0 Å². The van der Waals surface area contributed by atoms with E-state index in [1.807, 2.05) is 20.8 Å². The molecular formula is C22H44O3Sn. The molecule has 0 aromatic rings. The molecule has 4 heteroatoms. The van der Waals surface area contributed by atoms with Crippen LogP contribution in [0.1, 0.15) is 92.9 Å². The Morgan fingerprint density at radius 1 is 1.00 bits per heavy atom. The van der Waals surface area contributed by atoms with Gasteiger partial charge in [0.15, 0.2) is 0 Å². The van der Waals surface area contributed by atoms with Crippen LogP contribution in [0.15, 0.2) is 10.2 Å². The number of carbonyl (C=O) groups excluding carboxylic acids is 1. The number of unbranched alkanes of at least 4 members (excludes halogenated alkanes) is 3. The molecule has 0 aliphatic carbocycles. The number of hydrogen-bond donors (Lipinski definition) is 1. The first kappa shape index (κ1) is 26.0. The van der Waals surface area contributed by atoms with E-state index < -0.39 is 30.1 Å². The summed E-state index contributed by atoms with van der Waals surface area (Å²) in [7, 11) is 0. The Kier molecular flexibility index (Phi) is 14.0. The van der Waals surface area contributed by atoms with Crippen LogP contribution >= 0.6 is 0 Å². The molecule has 0 amide bonds. The molecule has 0 unspecified atom stereocenters. The van der Waals surface area contributed by atoms with E-state index in [4.69, 9.17) is 4.74 Å². The van der Waals surface area contributed by atoms with Gasteiger partial charge in [0.25, 0.3) is 0 Å². The molecule has 1 atom stereocenters. The van der Waals surface area contributed by atoms with Crippen molar-refractivity contribution >= 4 is 24.3 Å². The topological polar surface area (TPSA) is 46.5 Å². The van der Waals surface area contributed by atoms with Crippen LogP contribution in [0.2, 0.25) is 13.3 Å². The molecule has 0 aliphatic rings. The van der Waals surface area contributed by atoms with E-state index in [2.05, 4.69) is 30.9 Å². The molecule has 0 fully saturated rings. The van der Waals surface area contributed by atoms with Crippen molar-refractivity contribution in [1.29, 1.82) is 0 Å². The summed E-state index contributed by atoms with van der Waals surface area (Å²) in [4.78, 5) is 11.9. The molecule has 0 aliphatic heterocycles. The molecule has 0 saturated heterocycles. The molecule has 154 valence electrons. The van der Waals surface area contributed by atoms with Crippen molar-refractivity contribution in [2.75, 3.05) is 0 Å². The molecule has 0 spiro atoms. The van der Waals surface area contributed by atoms with Crippen LogP contribution < -0.4 is 0 Å². The molecule has 0 heterocycles. The summed E-state index contributed by atoms with van der Waals surface area (Å²) in [5.41, 5.74) is -0.487. The van der Waals surface area contributed by atoms with E-state index in [9.17, 15) is 9.90 Å². The van der Waals surface area contributed by atoms with Crippen LogP contribution in [0.3, 0.4) is 0 Å². The Morgan fingerprint density at radius 2 is 1.46 bits per heavy atom. The Bertz CT molecular complexity index is 377. The second-order valence-corrected chi connectivity index (χ2v) is 21.8. The molecule has 0 radical (unpaired) electrons. The number of esters is 1. The first-order valence-corrected chi connectivity index (χ1v) is 18.5. The standard InChI is InChI=1S/C10H17O3.3C4H9.Sn/c1-5-6-8(11)7-9(12)13-10(2,3)4;3*1-3-4-2;/h1,5,8,11H,6-7H2,2-4H3;3*1,3-4H2,2H3;/t8-;;;;/m0..../s1. The van der Waals surface area contributed by atoms with Crippen molar-refractivity contribution in [2.45, 2.75) is 118 Å². The molecule has 0 aromatic carbocycles. The van der Waals surface area contributed by atoms with Gasteiger partial charge >= 0.3 is 167 Å². The maximum atomic E-state index is 11.9. The number of carbonyl (C=O) groups is 1. The van der Waals surface area contributed by atoms with E-state index in [-0.39, 0.29) is 12.4 Å². The van der Waals surface area contributed by atoms with Crippen molar-refractivity contribution in [2.24, 2.45) is 0 Å². The SMILES string of the molecule is CCC[CH2][Sn](/[CH]=C/C[C@H](O)CC(=O)OC(C)(C)C)([CH2]CCC)[CH2]CCC. The zero-order valence-corrected chi connectivity index (χ0v) is 21.1. The van der Waals surface area contributed by atoms with Gasteiger partial charge in [0, 0.05) is 0 Å². The van der Waals surface area contributed by atoms with Crippen molar-refractivity contribution < 1.29 is 14.6 Å². The van der Waals surface area contributed by atoms with Gasteiger partial charge in [0.05, 0.1) is 0 Å². The molecule has 26 heavy (non-hydrogen) atoms. The number of rotatable bonds is 14. The third-order valence-electron chi connectivity index (χ3n) is 4.79. The van der Waals surface area contributed by atoms with E-state index in [0.29, 0.717) is 6.42 Å². The molecule has 0 bridgehead atoms. The van der Waals surface area contributed by atoms with E-state index >= 15 is 0 Å². The second-order valence-electron chi connectivity index (χ2n) is 8.76. The third-order valence-corrected chi connectivity index (χ3v) is 19.0. The Balaban J connectivity index is 4.80. The molecule has 0 rings (SSSR count). The van der Waals surface area contributed by atoms with Gasteiger partial charge in [-0.1, -0.05) is 0 Å². The number of aliphatic hydroxyl groups excluding tert-OH is 1. The summed E-state index contributed by atoms with van der Waals surface area (Å²) in [5.74, 6) is -0.309. The van der Waals surface area contributed by atoms with Crippen molar-refractivity contribution in [3.8, 4) is 0 Å². The zero-order chi connectivity index (χ0) is 20.1. The molecular weight excluding hydrogens is 431 g/mol. The average molecular weight is 475 g/mol. The van der Waals surface area contributed by atoms with E-state index in [1.165, 1.54) is 51.8 Å². The fourth-order valence-electron chi connectivity index (χ4n) is 3.35. The molecule has 1 N–H and O–H groups in total. The van der Waals surface area contributed by atoms with Gasteiger partial charge < -0.3 is 0 Å². The van der Waals surface area contributed by atoms with E-state index in [1.54, 1.807) is 0 Å². The number of ether oxygens (including phenoxy) is 1. The summed E-state index contributed by atoms with van der Waals surface area (Å²) in [6.45, 7) is 12.4. The van der Waals surface area contributed by atoms with Crippen LogP contribution in [0.5, 0.6) is 0 Å². The van der Waals surface area contributed by atoms with Gasteiger partial charge in [-0.25, -0.2) is 0 Å². The molecule has 0 aromatic heterocycles. The quantitative estimate of drug-likeness (QED) is 0.233. The summed E-state index contributed by atoms with van der Waals surface area (Å²) in [5, 5.41) is 10.2. The Labute approximate surface area is 166 Å². The van der Waals surface area contributed by atoms with Gasteiger partial charge in [-0.15, -0.1) is 0 Å². The van der Waals surface area contributed by atoms with Gasteiger partial charge in [-0.2, -0.15) is 0 Å². The first-order chi connectivity index (χ1) is 12.2. The second kappa shape index (κ2) is 14.0. The molecule has 0 saturated carbocycles. The van der Waals surface area contributed by atoms with Crippen LogP contribution in [-0.4, -0.2) is 41.2 Å².